The Hall–Kier alpha value is -3.59. The predicted molar refractivity (Wildman–Crippen MR) is 169 cm³/mol. The lowest BCUT2D eigenvalue weighted by Crippen LogP contribution is -2.10. The molecule has 0 saturated carbocycles. The summed E-state index contributed by atoms with van der Waals surface area (Å²) in [6.07, 6.45) is -5.33. The topological polar surface area (TPSA) is 35.5 Å². The van der Waals surface area contributed by atoms with Crippen molar-refractivity contribution >= 4 is 18.7 Å². The first-order chi connectivity index (χ1) is 20.9. The van der Waals surface area contributed by atoms with Crippen LogP contribution in [0.25, 0.3) is 0 Å². The molecule has 0 aromatic heterocycles. The standard InChI is InChI=1S/C20H24F2O2.C16H13F3O.ClH/c1-4-23-20(24-5-2)18-10-9-16(11-14(18)3)12-15-7-6-8-17(13-15)19(21)22;1-11-7-13(5-6-14(11)10-20)8-12-3-2-4-15(9-12)16(17,18)19;/h6-11,13,19-20H,4-5,12H2,1-3H3;2-7,9-10H,8H2,1H3;1H. The number of hydrogen-bond acceptors (Lipinski definition) is 3. The minimum Gasteiger partial charge on any atom is -0.349 e. The molecule has 4 aromatic rings. The SMILES string of the molecule is CCOC(OCC)c1ccc(Cc2cccc(C(F)F)c2)cc1C.Cc1cc(Cc2cccc(C(F)(F)F)c2)ccc1C=O.Cl. The van der Waals surface area contributed by atoms with E-state index in [1.807, 2.05) is 45.0 Å². The summed E-state index contributed by atoms with van der Waals surface area (Å²) in [6, 6.07) is 23.2. The van der Waals surface area contributed by atoms with Gasteiger partial charge in [0.05, 0.1) is 5.56 Å². The van der Waals surface area contributed by atoms with Crippen molar-refractivity contribution in [3.05, 3.63) is 141 Å². The van der Waals surface area contributed by atoms with Gasteiger partial charge in [0.1, 0.15) is 6.29 Å². The van der Waals surface area contributed by atoms with Crippen molar-refractivity contribution in [1.82, 2.24) is 0 Å². The highest BCUT2D eigenvalue weighted by Gasteiger charge is 2.30. The van der Waals surface area contributed by atoms with E-state index in [4.69, 9.17) is 9.47 Å². The Balaban J connectivity index is 0.000000311. The van der Waals surface area contributed by atoms with Gasteiger partial charge < -0.3 is 9.47 Å². The van der Waals surface area contributed by atoms with Crippen LogP contribution in [0.3, 0.4) is 0 Å². The number of halogens is 6. The third kappa shape index (κ3) is 11.4. The van der Waals surface area contributed by atoms with E-state index in [1.165, 1.54) is 12.1 Å². The highest BCUT2D eigenvalue weighted by Crippen LogP contribution is 2.30. The summed E-state index contributed by atoms with van der Waals surface area (Å²) >= 11 is 0. The van der Waals surface area contributed by atoms with E-state index in [0.717, 1.165) is 51.8 Å². The Bertz CT molecular complexity index is 1520. The molecule has 0 radical (unpaired) electrons. The lowest BCUT2D eigenvalue weighted by Gasteiger charge is -2.20. The van der Waals surface area contributed by atoms with E-state index in [0.29, 0.717) is 37.2 Å². The maximum Gasteiger partial charge on any atom is 0.416 e. The monoisotopic (exact) mass is 648 g/mol. The molecule has 9 heteroatoms. The number of alkyl halides is 5. The summed E-state index contributed by atoms with van der Waals surface area (Å²) in [5, 5.41) is 0. The van der Waals surface area contributed by atoms with Crippen LogP contribution in [0.15, 0.2) is 84.9 Å². The molecule has 0 saturated heterocycles. The average molecular weight is 649 g/mol. The van der Waals surface area contributed by atoms with E-state index in [1.54, 1.807) is 37.3 Å². The zero-order chi connectivity index (χ0) is 32.3. The molecule has 0 heterocycles. The molecule has 0 unspecified atom stereocenters. The number of aryl methyl sites for hydroxylation is 2. The van der Waals surface area contributed by atoms with Crippen molar-refractivity contribution in [3.63, 3.8) is 0 Å². The molecule has 0 spiro atoms. The molecular weight excluding hydrogens is 611 g/mol. The minimum atomic E-state index is -4.33. The lowest BCUT2D eigenvalue weighted by molar-refractivity contribution is -0.140. The van der Waals surface area contributed by atoms with Gasteiger partial charge in [0.15, 0.2) is 6.29 Å². The number of ether oxygens (including phenoxy) is 2. The fourth-order valence-electron chi connectivity index (χ4n) is 4.79. The number of benzene rings is 4. The molecule has 0 fully saturated rings. The van der Waals surface area contributed by atoms with E-state index in [2.05, 4.69) is 6.07 Å². The Labute approximate surface area is 267 Å². The normalized spacial score (nSPS) is 11.2. The fraction of sp³-hybridized carbons (Fsp3) is 0.306. The first-order valence-electron chi connectivity index (χ1n) is 14.4. The van der Waals surface area contributed by atoms with Crippen molar-refractivity contribution < 1.29 is 36.2 Å². The molecule has 3 nitrogen and oxygen atoms in total. The number of carbonyl (C=O) groups is 1. The second kappa shape index (κ2) is 17.8. The van der Waals surface area contributed by atoms with Gasteiger partial charge in [-0.2, -0.15) is 13.2 Å². The second-order valence-corrected chi connectivity index (χ2v) is 10.3. The smallest absolute Gasteiger partial charge is 0.349 e. The minimum absolute atomic E-state index is 0. The van der Waals surface area contributed by atoms with Crippen molar-refractivity contribution in [2.75, 3.05) is 13.2 Å². The first-order valence-corrected chi connectivity index (χ1v) is 14.4. The van der Waals surface area contributed by atoms with Crippen molar-refractivity contribution in [2.45, 2.75) is 59.4 Å². The van der Waals surface area contributed by atoms with E-state index in [9.17, 15) is 26.7 Å². The molecule has 4 aromatic carbocycles. The number of hydrogen-bond donors (Lipinski definition) is 0. The van der Waals surface area contributed by atoms with Crippen LogP contribution in [0.5, 0.6) is 0 Å². The highest BCUT2D eigenvalue weighted by molar-refractivity contribution is 5.85. The highest BCUT2D eigenvalue weighted by atomic mass is 35.5. The van der Waals surface area contributed by atoms with Crippen molar-refractivity contribution in [3.8, 4) is 0 Å². The van der Waals surface area contributed by atoms with Crippen LogP contribution in [0.1, 0.15) is 87.0 Å². The zero-order valence-corrected chi connectivity index (χ0v) is 26.5. The van der Waals surface area contributed by atoms with Gasteiger partial charge in [-0.3, -0.25) is 4.79 Å². The fourth-order valence-corrected chi connectivity index (χ4v) is 4.79. The van der Waals surface area contributed by atoms with Gasteiger partial charge in [-0.25, -0.2) is 8.78 Å². The lowest BCUT2D eigenvalue weighted by atomic mass is 9.98. The number of aldehydes is 1. The summed E-state index contributed by atoms with van der Waals surface area (Å²) in [7, 11) is 0. The molecule has 45 heavy (non-hydrogen) atoms. The van der Waals surface area contributed by atoms with Gasteiger partial charge in [0.2, 0.25) is 0 Å². The average Bonchev–Trinajstić information content (AvgIpc) is 2.97. The quantitative estimate of drug-likeness (QED) is 0.0922. The van der Waals surface area contributed by atoms with E-state index in [-0.39, 0.29) is 24.3 Å². The molecule has 0 N–H and O–H groups in total. The Morgan fingerprint density at radius 2 is 1.24 bits per heavy atom. The molecule has 0 amide bonds. The van der Waals surface area contributed by atoms with Crippen LogP contribution in [-0.4, -0.2) is 19.5 Å². The van der Waals surface area contributed by atoms with Crippen LogP contribution >= 0.6 is 12.4 Å². The molecule has 4 rings (SSSR count). The van der Waals surface area contributed by atoms with Gasteiger partial charge in [-0.1, -0.05) is 72.8 Å². The van der Waals surface area contributed by atoms with Crippen LogP contribution in [0.2, 0.25) is 0 Å². The molecule has 242 valence electrons. The Kier molecular flexibility index (Phi) is 14.9. The molecule has 0 atom stereocenters. The summed E-state index contributed by atoms with van der Waals surface area (Å²) in [4.78, 5) is 10.7. The van der Waals surface area contributed by atoms with E-state index >= 15 is 0 Å². The van der Waals surface area contributed by atoms with Crippen molar-refractivity contribution in [1.29, 1.82) is 0 Å². The van der Waals surface area contributed by atoms with Gasteiger partial charge in [0, 0.05) is 29.9 Å². The van der Waals surface area contributed by atoms with Crippen LogP contribution < -0.4 is 0 Å². The van der Waals surface area contributed by atoms with Crippen LogP contribution in [0, 0.1) is 13.8 Å². The Morgan fingerprint density at radius 3 is 1.76 bits per heavy atom. The van der Waals surface area contributed by atoms with Crippen LogP contribution in [-0.2, 0) is 28.5 Å². The second-order valence-electron chi connectivity index (χ2n) is 10.3. The molecule has 0 bridgehead atoms. The summed E-state index contributed by atoms with van der Waals surface area (Å²) in [5.41, 5.74) is 6.35. The Morgan fingerprint density at radius 1 is 0.711 bits per heavy atom. The van der Waals surface area contributed by atoms with E-state index < -0.39 is 18.2 Å². The third-order valence-electron chi connectivity index (χ3n) is 6.96. The van der Waals surface area contributed by atoms with Gasteiger partial charge >= 0.3 is 6.18 Å². The summed E-state index contributed by atoms with van der Waals surface area (Å²) < 4.78 is 74.8. The maximum absolute atomic E-state index is 12.8. The van der Waals surface area contributed by atoms with Gasteiger partial charge in [0.25, 0.3) is 6.43 Å². The molecule has 0 aliphatic rings. The molecule has 0 aliphatic heterocycles. The number of carbonyl (C=O) groups excluding carboxylic acids is 1. The molecular formula is C36H38ClF5O3. The largest absolute Gasteiger partial charge is 0.416 e. The third-order valence-corrected chi connectivity index (χ3v) is 6.96. The van der Waals surface area contributed by atoms with Gasteiger partial charge in [-0.15, -0.1) is 12.4 Å². The molecule has 0 aliphatic carbocycles. The predicted octanol–water partition coefficient (Wildman–Crippen LogP) is 10.4. The van der Waals surface area contributed by atoms with Crippen molar-refractivity contribution in [2.24, 2.45) is 0 Å². The maximum atomic E-state index is 12.8. The first kappa shape index (κ1) is 37.6. The zero-order valence-electron chi connectivity index (χ0n) is 25.7. The van der Waals surface area contributed by atoms with Crippen LogP contribution in [0.4, 0.5) is 22.0 Å². The summed E-state index contributed by atoms with van der Waals surface area (Å²) in [5.74, 6) is 0. The van der Waals surface area contributed by atoms with Gasteiger partial charge in [-0.05, 0) is 86.1 Å². The number of rotatable bonds is 11. The summed E-state index contributed by atoms with van der Waals surface area (Å²) in [6.45, 7) is 8.84.